The van der Waals surface area contributed by atoms with Gasteiger partial charge in [-0.2, -0.15) is 0 Å². The van der Waals surface area contributed by atoms with Crippen molar-refractivity contribution >= 4 is 11.8 Å². The number of hydrogen-bond donors (Lipinski definition) is 0. The molecule has 1 aromatic carbocycles. The van der Waals surface area contributed by atoms with Crippen LogP contribution in [0.25, 0.3) is 0 Å². The van der Waals surface area contributed by atoms with Gasteiger partial charge in [0.05, 0.1) is 4.90 Å². The summed E-state index contributed by atoms with van der Waals surface area (Å²) in [6.07, 6.45) is 0. The second-order valence-corrected chi connectivity index (χ2v) is 4.63. The third-order valence-corrected chi connectivity index (χ3v) is 3.21. The van der Waals surface area contributed by atoms with Crippen LogP contribution in [0.3, 0.4) is 0 Å². The van der Waals surface area contributed by atoms with Gasteiger partial charge in [0.1, 0.15) is 0 Å². The van der Waals surface area contributed by atoms with E-state index in [0.717, 1.165) is 0 Å². The Labute approximate surface area is 93.8 Å². The molecule has 0 radical (unpaired) electrons. The Morgan fingerprint density at radius 1 is 0.812 bits per heavy atom. The summed E-state index contributed by atoms with van der Waals surface area (Å²) in [6.45, 7) is 3.55. The maximum Gasteiger partial charge on any atom is 0.200 e. The van der Waals surface area contributed by atoms with Gasteiger partial charge in [0.25, 0.3) is 0 Å². The molecule has 0 aliphatic rings. The van der Waals surface area contributed by atoms with Crippen molar-refractivity contribution in [3.63, 3.8) is 0 Å². The fourth-order valence-corrected chi connectivity index (χ4v) is 1.89. The normalized spacial score (nSPS) is 11.2. The summed E-state index contributed by atoms with van der Waals surface area (Å²) in [5, 5.41) is 0. The van der Waals surface area contributed by atoms with E-state index >= 15 is 0 Å². The van der Waals surface area contributed by atoms with Gasteiger partial charge >= 0.3 is 0 Å². The second kappa shape index (κ2) is 5.03. The number of hydrogen-bond acceptors (Lipinski definition) is 1. The summed E-state index contributed by atoms with van der Waals surface area (Å²) < 4.78 is 64.4. The van der Waals surface area contributed by atoms with Crippen molar-refractivity contribution in [2.75, 3.05) is 5.75 Å². The van der Waals surface area contributed by atoms with Crippen LogP contribution in [0.5, 0.6) is 0 Å². The second-order valence-electron chi connectivity index (χ2n) is 3.60. The van der Waals surface area contributed by atoms with Crippen LogP contribution in [0.15, 0.2) is 4.90 Å². The molecule has 0 nitrogen and oxygen atoms in total. The summed E-state index contributed by atoms with van der Waals surface area (Å²) in [7, 11) is 0. The summed E-state index contributed by atoms with van der Waals surface area (Å²) in [5.41, 5.74) is 0. The zero-order valence-corrected chi connectivity index (χ0v) is 9.40. The average molecular weight is 256 g/mol. The molecule has 0 heterocycles. The lowest BCUT2D eigenvalue weighted by Crippen LogP contribution is -2.04. The molecule has 1 aromatic rings. The van der Waals surface area contributed by atoms with Crippen molar-refractivity contribution in [1.29, 1.82) is 0 Å². The summed E-state index contributed by atoms with van der Waals surface area (Å²) in [5.74, 6) is -9.08. The minimum absolute atomic E-state index is 0.0833. The first-order valence-corrected chi connectivity index (χ1v) is 5.49. The quantitative estimate of drug-likeness (QED) is 0.339. The first-order chi connectivity index (χ1) is 7.36. The molecule has 16 heavy (non-hydrogen) atoms. The maximum absolute atomic E-state index is 13.1. The standard InChI is InChI=1S/C10H9F5S/c1-4(2)3-16-10-8(14)6(12)5(11)7(13)9(10)15/h4H,3H2,1-2H3. The van der Waals surface area contributed by atoms with Gasteiger partial charge in [0.15, 0.2) is 23.3 Å². The van der Waals surface area contributed by atoms with Crippen LogP contribution in [0.1, 0.15) is 13.8 Å². The van der Waals surface area contributed by atoms with Crippen LogP contribution in [0.4, 0.5) is 22.0 Å². The Morgan fingerprint density at radius 3 is 1.56 bits per heavy atom. The van der Waals surface area contributed by atoms with E-state index in [4.69, 9.17) is 0 Å². The Balaban J connectivity index is 3.18. The Morgan fingerprint density at radius 2 is 1.19 bits per heavy atom. The highest BCUT2D eigenvalue weighted by atomic mass is 32.2. The fourth-order valence-electron chi connectivity index (χ4n) is 0.961. The predicted octanol–water partition coefficient (Wildman–Crippen LogP) is 4.13. The molecule has 0 aromatic heterocycles. The molecule has 0 aliphatic heterocycles. The first kappa shape index (κ1) is 13.3. The van der Waals surface area contributed by atoms with Gasteiger partial charge in [-0.15, -0.1) is 11.8 Å². The van der Waals surface area contributed by atoms with E-state index in [0.29, 0.717) is 11.8 Å². The molecular formula is C10H9F5S. The lowest BCUT2D eigenvalue weighted by Gasteiger charge is -2.08. The number of thioether (sulfide) groups is 1. The van der Waals surface area contributed by atoms with Crippen molar-refractivity contribution in [3.05, 3.63) is 29.1 Å². The molecule has 0 unspecified atom stereocenters. The van der Waals surface area contributed by atoms with Gasteiger partial charge in [-0.3, -0.25) is 0 Å². The molecule has 0 saturated carbocycles. The van der Waals surface area contributed by atoms with Gasteiger partial charge in [-0.25, -0.2) is 22.0 Å². The van der Waals surface area contributed by atoms with Crippen molar-refractivity contribution < 1.29 is 22.0 Å². The Kier molecular flexibility index (Phi) is 4.18. The summed E-state index contributed by atoms with van der Waals surface area (Å²) in [6, 6.07) is 0. The Bertz CT molecular complexity index is 374. The van der Waals surface area contributed by atoms with Crippen LogP contribution in [0, 0.1) is 35.0 Å². The number of rotatable bonds is 3. The van der Waals surface area contributed by atoms with Gasteiger partial charge < -0.3 is 0 Å². The molecule has 0 N–H and O–H groups in total. The molecule has 0 bridgehead atoms. The highest BCUT2D eigenvalue weighted by Gasteiger charge is 2.25. The van der Waals surface area contributed by atoms with Crippen molar-refractivity contribution in [2.24, 2.45) is 5.92 Å². The molecule has 0 spiro atoms. The van der Waals surface area contributed by atoms with Crippen LogP contribution in [-0.2, 0) is 0 Å². The largest absolute Gasteiger partial charge is 0.202 e. The molecule has 0 fully saturated rings. The highest BCUT2D eigenvalue weighted by molar-refractivity contribution is 7.99. The van der Waals surface area contributed by atoms with Crippen molar-refractivity contribution in [1.82, 2.24) is 0 Å². The lowest BCUT2D eigenvalue weighted by atomic mass is 10.3. The maximum atomic E-state index is 13.1. The average Bonchev–Trinajstić information content (AvgIpc) is 2.23. The summed E-state index contributed by atoms with van der Waals surface area (Å²) >= 11 is 0.622. The van der Waals surface area contributed by atoms with Crippen LogP contribution >= 0.6 is 11.8 Å². The molecule has 6 heteroatoms. The van der Waals surface area contributed by atoms with Crippen LogP contribution in [0.2, 0.25) is 0 Å². The lowest BCUT2D eigenvalue weighted by molar-refractivity contribution is 0.361. The van der Waals surface area contributed by atoms with Gasteiger partial charge in [-0.05, 0) is 5.92 Å². The highest BCUT2D eigenvalue weighted by Crippen LogP contribution is 2.31. The molecule has 0 atom stereocenters. The third kappa shape index (κ3) is 2.48. The number of halogens is 5. The van der Waals surface area contributed by atoms with E-state index in [1.165, 1.54) is 0 Å². The minimum Gasteiger partial charge on any atom is -0.202 e. The van der Waals surface area contributed by atoms with E-state index < -0.39 is 34.0 Å². The first-order valence-electron chi connectivity index (χ1n) is 4.50. The minimum atomic E-state index is -2.12. The van der Waals surface area contributed by atoms with Gasteiger partial charge in [-0.1, -0.05) is 13.8 Å². The molecular weight excluding hydrogens is 247 g/mol. The van der Waals surface area contributed by atoms with Crippen molar-refractivity contribution in [2.45, 2.75) is 18.7 Å². The Hall–Kier alpha value is -0.780. The van der Waals surface area contributed by atoms with Crippen LogP contribution < -0.4 is 0 Å². The molecule has 0 aliphatic carbocycles. The topological polar surface area (TPSA) is 0 Å². The van der Waals surface area contributed by atoms with Crippen LogP contribution in [-0.4, -0.2) is 5.75 Å². The van der Waals surface area contributed by atoms with E-state index in [1.54, 1.807) is 13.8 Å². The fraction of sp³-hybridized carbons (Fsp3) is 0.400. The monoisotopic (exact) mass is 256 g/mol. The molecule has 1 rings (SSSR count). The smallest absolute Gasteiger partial charge is 0.200 e. The molecule has 0 amide bonds. The zero-order valence-electron chi connectivity index (χ0n) is 8.58. The molecule has 90 valence electrons. The van der Waals surface area contributed by atoms with E-state index in [-0.39, 0.29) is 11.7 Å². The number of benzene rings is 1. The summed E-state index contributed by atoms with van der Waals surface area (Å²) in [4.78, 5) is -0.815. The van der Waals surface area contributed by atoms with E-state index in [1.807, 2.05) is 0 Å². The van der Waals surface area contributed by atoms with E-state index in [2.05, 4.69) is 0 Å². The zero-order chi connectivity index (χ0) is 12.5. The van der Waals surface area contributed by atoms with E-state index in [9.17, 15) is 22.0 Å². The SMILES string of the molecule is CC(C)CSc1c(F)c(F)c(F)c(F)c1F. The van der Waals surface area contributed by atoms with Gasteiger partial charge in [0, 0.05) is 5.75 Å². The predicted molar refractivity (Wildman–Crippen MR) is 51.8 cm³/mol. The third-order valence-electron chi connectivity index (χ3n) is 1.73. The van der Waals surface area contributed by atoms with Crippen molar-refractivity contribution in [3.8, 4) is 0 Å². The van der Waals surface area contributed by atoms with Gasteiger partial charge in [0.2, 0.25) is 5.82 Å². The molecule has 0 saturated heterocycles.